The molecule has 2 aliphatic rings. The SMILES string of the molecule is CC(C(=O)NC(C(=O)N1CCC[C@H]1C(=O)Nc1sc(NC(=O)CCOCCOCCC(=O)O)nc1-c1ccccc1)C1CCCCC1)N(C)C(=O)OC(C)(C)C. The number of carbonyl (C=O) groups is 6. The number of aromatic nitrogens is 1. The number of carboxylic acids is 1. The summed E-state index contributed by atoms with van der Waals surface area (Å²) in [5.74, 6) is -2.63. The molecular formula is C39H56N6O10S. The molecule has 2 fully saturated rings. The minimum atomic E-state index is -0.947. The van der Waals surface area contributed by atoms with Crippen LogP contribution in [0.4, 0.5) is 14.9 Å². The molecular weight excluding hydrogens is 745 g/mol. The maximum absolute atomic E-state index is 14.4. The van der Waals surface area contributed by atoms with Crippen LogP contribution in [0.1, 0.15) is 85.5 Å². The molecule has 4 rings (SSSR count). The molecule has 16 nitrogen and oxygen atoms in total. The second kappa shape index (κ2) is 21.1. The number of amides is 5. The number of benzene rings is 1. The molecule has 1 aliphatic carbocycles. The average Bonchev–Trinajstić information content (AvgIpc) is 3.81. The second-order valence-corrected chi connectivity index (χ2v) is 16.1. The molecule has 2 heterocycles. The zero-order valence-corrected chi connectivity index (χ0v) is 33.8. The van der Waals surface area contributed by atoms with E-state index in [1.54, 1.807) is 32.6 Å². The smallest absolute Gasteiger partial charge is 0.410 e. The highest BCUT2D eigenvalue weighted by atomic mass is 32.1. The van der Waals surface area contributed by atoms with Crippen molar-refractivity contribution < 1.29 is 48.1 Å². The second-order valence-electron chi connectivity index (χ2n) is 15.1. The molecule has 56 heavy (non-hydrogen) atoms. The van der Waals surface area contributed by atoms with Crippen molar-refractivity contribution in [2.24, 2.45) is 5.92 Å². The summed E-state index contributed by atoms with van der Waals surface area (Å²) < 4.78 is 16.1. The number of nitrogens with one attached hydrogen (secondary N) is 3. The summed E-state index contributed by atoms with van der Waals surface area (Å²) >= 11 is 1.10. The van der Waals surface area contributed by atoms with Gasteiger partial charge in [-0.1, -0.05) is 60.9 Å². The van der Waals surface area contributed by atoms with Crippen molar-refractivity contribution in [2.75, 3.05) is 50.7 Å². The maximum atomic E-state index is 14.4. The van der Waals surface area contributed by atoms with Crippen LogP contribution in [0.25, 0.3) is 11.3 Å². The normalized spacial score (nSPS) is 17.1. The van der Waals surface area contributed by atoms with E-state index in [1.807, 2.05) is 30.3 Å². The Labute approximate surface area is 332 Å². The van der Waals surface area contributed by atoms with Crippen LogP contribution in [-0.2, 0) is 38.2 Å². The number of likely N-dealkylation sites (N-methyl/N-ethyl adjacent to an activating group) is 1. The van der Waals surface area contributed by atoms with Gasteiger partial charge >= 0.3 is 12.1 Å². The summed E-state index contributed by atoms with van der Waals surface area (Å²) in [6.07, 6.45) is 4.70. The fourth-order valence-corrected chi connectivity index (χ4v) is 7.45. The number of hydrogen-bond donors (Lipinski definition) is 4. The summed E-state index contributed by atoms with van der Waals surface area (Å²) in [7, 11) is 1.48. The van der Waals surface area contributed by atoms with Crippen LogP contribution in [0, 0.1) is 5.92 Å². The lowest BCUT2D eigenvalue weighted by Crippen LogP contribution is -2.58. The molecule has 4 N–H and O–H groups in total. The predicted molar refractivity (Wildman–Crippen MR) is 210 cm³/mol. The first-order chi connectivity index (χ1) is 26.6. The van der Waals surface area contributed by atoms with Gasteiger partial charge in [0, 0.05) is 19.2 Å². The Hall–Kier alpha value is -4.61. The largest absolute Gasteiger partial charge is 0.481 e. The van der Waals surface area contributed by atoms with Crippen LogP contribution in [0.15, 0.2) is 30.3 Å². The Morgan fingerprint density at radius 1 is 0.929 bits per heavy atom. The third kappa shape index (κ3) is 13.3. The molecule has 1 saturated carbocycles. The summed E-state index contributed by atoms with van der Waals surface area (Å²) in [6, 6.07) is 6.62. The first-order valence-electron chi connectivity index (χ1n) is 19.3. The van der Waals surface area contributed by atoms with Crippen molar-refractivity contribution in [2.45, 2.75) is 109 Å². The number of carbonyl (C=O) groups excluding carboxylic acids is 5. The summed E-state index contributed by atoms with van der Waals surface area (Å²) in [4.78, 5) is 85.5. The van der Waals surface area contributed by atoms with Crippen molar-refractivity contribution >= 4 is 57.2 Å². The van der Waals surface area contributed by atoms with Crippen molar-refractivity contribution in [1.82, 2.24) is 20.1 Å². The lowest BCUT2D eigenvalue weighted by atomic mass is 9.83. The molecule has 2 aromatic rings. The highest BCUT2D eigenvalue weighted by molar-refractivity contribution is 7.20. The van der Waals surface area contributed by atoms with Gasteiger partial charge in [0.25, 0.3) is 0 Å². The Balaban J connectivity index is 1.44. The first kappa shape index (κ1) is 44.1. The predicted octanol–water partition coefficient (Wildman–Crippen LogP) is 4.90. The van der Waals surface area contributed by atoms with Crippen LogP contribution in [0.2, 0.25) is 0 Å². The van der Waals surface area contributed by atoms with E-state index in [2.05, 4.69) is 20.9 Å². The summed E-state index contributed by atoms with van der Waals surface area (Å²) in [5, 5.41) is 18.1. The molecule has 5 amide bonds. The minimum Gasteiger partial charge on any atom is -0.481 e. The van der Waals surface area contributed by atoms with E-state index >= 15 is 0 Å². The molecule has 2 unspecified atom stereocenters. The molecule has 0 spiro atoms. The van der Waals surface area contributed by atoms with Crippen molar-refractivity contribution in [3.05, 3.63) is 30.3 Å². The van der Waals surface area contributed by atoms with Gasteiger partial charge in [-0.25, -0.2) is 9.78 Å². The van der Waals surface area contributed by atoms with Gasteiger partial charge in [-0.05, 0) is 59.3 Å². The van der Waals surface area contributed by atoms with Crippen LogP contribution in [0.3, 0.4) is 0 Å². The fourth-order valence-electron chi connectivity index (χ4n) is 6.55. The van der Waals surface area contributed by atoms with Gasteiger partial charge < -0.3 is 40.2 Å². The number of nitrogens with zero attached hydrogens (tertiary/aromatic N) is 3. The molecule has 0 radical (unpaired) electrons. The highest BCUT2D eigenvalue weighted by Gasteiger charge is 2.42. The van der Waals surface area contributed by atoms with Crippen molar-refractivity contribution in [1.29, 1.82) is 0 Å². The Kier molecular flexibility index (Phi) is 16.6. The molecule has 0 bridgehead atoms. The average molecular weight is 801 g/mol. The van der Waals surface area contributed by atoms with Crippen LogP contribution >= 0.6 is 11.3 Å². The number of carboxylic acid groups (broad SMARTS) is 1. The van der Waals surface area contributed by atoms with E-state index in [0.29, 0.717) is 30.1 Å². The van der Waals surface area contributed by atoms with E-state index in [4.69, 9.17) is 19.3 Å². The Morgan fingerprint density at radius 3 is 2.23 bits per heavy atom. The van der Waals surface area contributed by atoms with Gasteiger partial charge in [0.15, 0.2) is 5.13 Å². The van der Waals surface area contributed by atoms with Gasteiger partial charge in [-0.2, -0.15) is 0 Å². The summed E-state index contributed by atoms with van der Waals surface area (Å²) in [5.41, 5.74) is 0.431. The topological polar surface area (TPSA) is 206 Å². The standard InChI is InChI=1S/C39H56N6O10S/c1-25(44(5)38(52)55-39(2,3)4)33(49)41-32(27-15-10-7-11-16-27)36(51)45-20-12-17-28(45)34(50)43-35-31(26-13-8-6-9-14-26)42-37(56-35)40-29(46)18-21-53-23-24-54-22-19-30(47)48/h6,8-9,13-14,25,27-28,32H,7,10-12,15-24H2,1-5H3,(H,41,49)(H,43,50)(H,47,48)(H,40,42,46)/t25?,28-,32?/m0/s1. The molecule has 1 aromatic carbocycles. The number of anilines is 2. The zero-order chi connectivity index (χ0) is 40.8. The lowest BCUT2D eigenvalue weighted by molar-refractivity contribution is -0.142. The molecule has 308 valence electrons. The zero-order valence-electron chi connectivity index (χ0n) is 33.0. The number of rotatable bonds is 18. The van der Waals surface area contributed by atoms with Crippen molar-refractivity contribution in [3.8, 4) is 11.3 Å². The first-order valence-corrected chi connectivity index (χ1v) is 20.1. The van der Waals surface area contributed by atoms with E-state index in [-0.39, 0.29) is 62.1 Å². The summed E-state index contributed by atoms with van der Waals surface area (Å²) in [6.45, 7) is 7.76. The number of ether oxygens (including phenoxy) is 3. The van der Waals surface area contributed by atoms with Gasteiger partial charge in [-0.15, -0.1) is 0 Å². The number of hydrogen-bond acceptors (Lipinski definition) is 11. The van der Waals surface area contributed by atoms with Gasteiger partial charge in [0.1, 0.15) is 34.4 Å². The van der Waals surface area contributed by atoms with Crippen LogP contribution in [-0.4, -0.2) is 119 Å². The number of likely N-dealkylation sites (tertiary alicyclic amines) is 1. The number of thiazole rings is 1. The minimum absolute atomic E-state index is 0.0327. The van der Waals surface area contributed by atoms with Crippen molar-refractivity contribution in [3.63, 3.8) is 0 Å². The lowest BCUT2D eigenvalue weighted by Gasteiger charge is -2.36. The molecule has 17 heteroatoms. The van der Waals surface area contributed by atoms with Gasteiger partial charge in [-0.3, -0.25) is 28.9 Å². The Morgan fingerprint density at radius 2 is 1.59 bits per heavy atom. The van der Waals surface area contributed by atoms with Crippen LogP contribution in [0.5, 0.6) is 0 Å². The number of aliphatic carboxylic acids is 1. The Bertz CT molecular complexity index is 1660. The molecule has 1 saturated heterocycles. The highest BCUT2D eigenvalue weighted by Crippen LogP contribution is 2.37. The van der Waals surface area contributed by atoms with E-state index in [0.717, 1.165) is 49.0 Å². The molecule has 1 aromatic heterocycles. The van der Waals surface area contributed by atoms with E-state index < -0.39 is 47.6 Å². The monoisotopic (exact) mass is 800 g/mol. The third-order valence-electron chi connectivity index (χ3n) is 9.63. The van der Waals surface area contributed by atoms with E-state index in [1.165, 1.54) is 11.9 Å². The molecule has 1 aliphatic heterocycles. The third-order valence-corrected chi connectivity index (χ3v) is 10.5. The van der Waals surface area contributed by atoms with Crippen LogP contribution < -0.4 is 16.0 Å². The quantitative estimate of drug-likeness (QED) is 0.149. The van der Waals surface area contributed by atoms with Gasteiger partial charge in [0.2, 0.25) is 23.6 Å². The maximum Gasteiger partial charge on any atom is 0.410 e. The fraction of sp³-hybridized carbons (Fsp3) is 0.615. The van der Waals surface area contributed by atoms with E-state index in [9.17, 15) is 28.8 Å². The van der Waals surface area contributed by atoms with Gasteiger partial charge in [0.05, 0.1) is 39.3 Å². The molecule has 3 atom stereocenters.